The molecule has 90 valence electrons. The summed E-state index contributed by atoms with van der Waals surface area (Å²) in [4.78, 5) is 0. The zero-order valence-electron chi connectivity index (χ0n) is 8.25. The minimum absolute atomic E-state index is 0.00609. The lowest BCUT2D eigenvalue weighted by Gasteiger charge is -2.10. The van der Waals surface area contributed by atoms with Crippen LogP contribution in [0.15, 0.2) is 37.8 Å². The standard InChI is InChI=1S/C11H6Br2F2O2/c12-6-4-7(14)5(3-8(6)15)11(16)9-1-2-10(13)17-9/h1-4,11,16H. The van der Waals surface area contributed by atoms with E-state index in [0.717, 1.165) is 12.1 Å². The van der Waals surface area contributed by atoms with Gasteiger partial charge in [0.15, 0.2) is 4.67 Å². The number of furan rings is 1. The van der Waals surface area contributed by atoms with Crippen LogP contribution in [0.2, 0.25) is 0 Å². The predicted molar refractivity (Wildman–Crippen MR) is 64.5 cm³/mol. The minimum atomic E-state index is -1.34. The molecule has 0 bridgehead atoms. The van der Waals surface area contributed by atoms with Gasteiger partial charge < -0.3 is 9.52 Å². The van der Waals surface area contributed by atoms with Crippen LogP contribution in [0.5, 0.6) is 0 Å². The molecule has 17 heavy (non-hydrogen) atoms. The minimum Gasteiger partial charge on any atom is -0.451 e. The maximum absolute atomic E-state index is 13.6. The zero-order valence-corrected chi connectivity index (χ0v) is 11.4. The van der Waals surface area contributed by atoms with E-state index in [-0.39, 0.29) is 15.8 Å². The molecule has 2 nitrogen and oxygen atoms in total. The van der Waals surface area contributed by atoms with Crippen molar-refractivity contribution in [3.63, 3.8) is 0 Å². The van der Waals surface area contributed by atoms with Crippen molar-refractivity contribution in [1.29, 1.82) is 0 Å². The Morgan fingerprint density at radius 2 is 1.82 bits per heavy atom. The lowest BCUT2D eigenvalue weighted by molar-refractivity contribution is 0.182. The fraction of sp³-hybridized carbons (Fsp3) is 0.0909. The van der Waals surface area contributed by atoms with E-state index in [1.807, 2.05) is 0 Å². The molecule has 1 heterocycles. The van der Waals surface area contributed by atoms with Crippen LogP contribution in [0.4, 0.5) is 8.78 Å². The molecule has 0 radical (unpaired) electrons. The zero-order chi connectivity index (χ0) is 12.6. The molecule has 2 aromatic rings. The molecule has 2 rings (SSSR count). The highest BCUT2D eigenvalue weighted by molar-refractivity contribution is 9.10. The van der Waals surface area contributed by atoms with Gasteiger partial charge >= 0.3 is 0 Å². The van der Waals surface area contributed by atoms with Gasteiger partial charge in [-0.05, 0) is 56.1 Å². The van der Waals surface area contributed by atoms with Crippen molar-refractivity contribution in [3.05, 3.63) is 56.4 Å². The third kappa shape index (κ3) is 2.59. The summed E-state index contributed by atoms with van der Waals surface area (Å²) in [5.41, 5.74) is -0.174. The van der Waals surface area contributed by atoms with Gasteiger partial charge in [-0.1, -0.05) is 0 Å². The molecule has 0 aliphatic carbocycles. The Labute approximate surface area is 113 Å². The number of aliphatic hydroxyl groups is 1. The average Bonchev–Trinajstić information content (AvgIpc) is 2.69. The monoisotopic (exact) mass is 366 g/mol. The van der Waals surface area contributed by atoms with Crippen LogP contribution in [-0.4, -0.2) is 5.11 Å². The second kappa shape index (κ2) is 4.88. The van der Waals surface area contributed by atoms with Crippen LogP contribution in [-0.2, 0) is 0 Å². The Bertz CT molecular complexity index is 554. The lowest BCUT2D eigenvalue weighted by atomic mass is 10.1. The van der Waals surface area contributed by atoms with Crippen LogP contribution in [0.1, 0.15) is 17.4 Å². The molecular formula is C11H6Br2F2O2. The van der Waals surface area contributed by atoms with Gasteiger partial charge in [-0.25, -0.2) is 8.78 Å². The maximum Gasteiger partial charge on any atom is 0.169 e. The van der Waals surface area contributed by atoms with E-state index in [1.54, 1.807) is 6.07 Å². The number of benzene rings is 1. The summed E-state index contributed by atoms with van der Waals surface area (Å²) in [6.07, 6.45) is -1.34. The Morgan fingerprint density at radius 1 is 1.12 bits per heavy atom. The highest BCUT2D eigenvalue weighted by atomic mass is 79.9. The van der Waals surface area contributed by atoms with Gasteiger partial charge in [-0.3, -0.25) is 0 Å². The van der Waals surface area contributed by atoms with Gasteiger partial charge in [0.2, 0.25) is 0 Å². The molecule has 6 heteroatoms. The van der Waals surface area contributed by atoms with Gasteiger partial charge in [0.1, 0.15) is 23.5 Å². The highest BCUT2D eigenvalue weighted by Gasteiger charge is 2.20. The van der Waals surface area contributed by atoms with Gasteiger partial charge in [0.25, 0.3) is 0 Å². The Hall–Kier alpha value is -0.720. The van der Waals surface area contributed by atoms with Crippen molar-refractivity contribution >= 4 is 31.9 Å². The van der Waals surface area contributed by atoms with Gasteiger partial charge in [-0.15, -0.1) is 0 Å². The van der Waals surface area contributed by atoms with E-state index in [2.05, 4.69) is 31.9 Å². The molecule has 0 fully saturated rings. The number of halogens is 4. The van der Waals surface area contributed by atoms with Crippen molar-refractivity contribution < 1.29 is 18.3 Å². The fourth-order valence-corrected chi connectivity index (χ4v) is 2.01. The second-order valence-corrected chi connectivity index (χ2v) is 4.97. The molecular weight excluding hydrogens is 362 g/mol. The van der Waals surface area contributed by atoms with Crippen molar-refractivity contribution in [2.75, 3.05) is 0 Å². The number of rotatable bonds is 2. The number of aliphatic hydroxyl groups excluding tert-OH is 1. The molecule has 0 spiro atoms. The van der Waals surface area contributed by atoms with Crippen molar-refractivity contribution in [3.8, 4) is 0 Å². The topological polar surface area (TPSA) is 33.4 Å². The van der Waals surface area contributed by atoms with Gasteiger partial charge in [0.05, 0.1) is 4.47 Å². The molecule has 0 saturated carbocycles. The first-order valence-electron chi connectivity index (χ1n) is 4.57. The van der Waals surface area contributed by atoms with Crippen LogP contribution in [0.3, 0.4) is 0 Å². The molecule has 0 aliphatic heterocycles. The normalized spacial score (nSPS) is 12.8. The molecule has 1 atom stereocenters. The third-order valence-electron chi connectivity index (χ3n) is 2.20. The molecule has 1 aromatic heterocycles. The van der Waals surface area contributed by atoms with E-state index >= 15 is 0 Å². The van der Waals surface area contributed by atoms with E-state index in [4.69, 9.17) is 4.42 Å². The van der Waals surface area contributed by atoms with E-state index < -0.39 is 17.7 Å². The summed E-state index contributed by atoms with van der Waals surface area (Å²) in [6.45, 7) is 0. The van der Waals surface area contributed by atoms with Gasteiger partial charge in [0, 0.05) is 5.56 Å². The van der Waals surface area contributed by atoms with E-state index in [1.165, 1.54) is 6.07 Å². The fourth-order valence-electron chi connectivity index (χ4n) is 1.38. The first-order chi connectivity index (χ1) is 7.99. The third-order valence-corrected chi connectivity index (χ3v) is 3.23. The van der Waals surface area contributed by atoms with Crippen molar-refractivity contribution in [2.45, 2.75) is 6.10 Å². The summed E-state index contributed by atoms with van der Waals surface area (Å²) < 4.78 is 32.3. The van der Waals surface area contributed by atoms with Crippen LogP contribution >= 0.6 is 31.9 Å². The Morgan fingerprint density at radius 3 is 2.41 bits per heavy atom. The molecule has 1 unspecified atom stereocenters. The second-order valence-electron chi connectivity index (χ2n) is 3.33. The quantitative estimate of drug-likeness (QED) is 0.808. The van der Waals surface area contributed by atoms with Crippen LogP contribution in [0.25, 0.3) is 0 Å². The highest BCUT2D eigenvalue weighted by Crippen LogP contribution is 2.30. The van der Waals surface area contributed by atoms with Gasteiger partial charge in [-0.2, -0.15) is 0 Å². The van der Waals surface area contributed by atoms with Crippen molar-refractivity contribution in [2.24, 2.45) is 0 Å². The summed E-state index contributed by atoms with van der Waals surface area (Å²) in [7, 11) is 0. The predicted octanol–water partition coefficient (Wildman–Crippen LogP) is 4.16. The number of hydrogen-bond donors (Lipinski definition) is 1. The van der Waals surface area contributed by atoms with E-state index in [9.17, 15) is 13.9 Å². The first kappa shape index (κ1) is 12.7. The van der Waals surface area contributed by atoms with Crippen LogP contribution < -0.4 is 0 Å². The molecule has 0 saturated heterocycles. The summed E-state index contributed by atoms with van der Waals surface area (Å²) in [5, 5.41) is 9.86. The number of hydrogen-bond acceptors (Lipinski definition) is 2. The summed E-state index contributed by atoms with van der Waals surface area (Å²) in [6, 6.07) is 4.94. The summed E-state index contributed by atoms with van der Waals surface area (Å²) in [5.74, 6) is -1.22. The Balaban J connectivity index is 2.43. The molecule has 0 amide bonds. The SMILES string of the molecule is OC(c1ccc(Br)o1)c1cc(F)c(Br)cc1F. The molecule has 1 aromatic carbocycles. The molecule has 1 N–H and O–H groups in total. The average molecular weight is 368 g/mol. The first-order valence-corrected chi connectivity index (χ1v) is 6.15. The van der Waals surface area contributed by atoms with Crippen LogP contribution in [0, 0.1) is 11.6 Å². The van der Waals surface area contributed by atoms with Crippen molar-refractivity contribution in [1.82, 2.24) is 0 Å². The molecule has 0 aliphatic rings. The smallest absolute Gasteiger partial charge is 0.169 e. The largest absolute Gasteiger partial charge is 0.451 e. The maximum atomic E-state index is 13.6. The lowest BCUT2D eigenvalue weighted by Crippen LogP contribution is -2.02. The van der Waals surface area contributed by atoms with E-state index in [0.29, 0.717) is 4.67 Å². The summed E-state index contributed by atoms with van der Waals surface area (Å²) >= 11 is 5.93. The Kier molecular flexibility index (Phi) is 3.65.